The summed E-state index contributed by atoms with van der Waals surface area (Å²) in [6.07, 6.45) is 4.72. The standard InChI is InChI=1S/C15H33N3O2S/c1-4-10-16-11-6-7-14-21(19,20)17(3)15-8-12-18(5-2)13-9-15/h15-16H,4-14H2,1-3H3. The number of hydrogen-bond donors (Lipinski definition) is 1. The maximum absolute atomic E-state index is 12.4. The van der Waals surface area contributed by atoms with Gasteiger partial charge in [-0.3, -0.25) is 0 Å². The van der Waals surface area contributed by atoms with Crippen LogP contribution in [0, 0.1) is 0 Å². The first kappa shape index (κ1) is 18.9. The number of hydrogen-bond acceptors (Lipinski definition) is 4. The molecule has 1 aliphatic rings. The van der Waals surface area contributed by atoms with Crippen molar-refractivity contribution < 1.29 is 8.42 Å². The fourth-order valence-corrected chi connectivity index (χ4v) is 4.33. The van der Waals surface area contributed by atoms with Gasteiger partial charge in [-0.25, -0.2) is 12.7 Å². The normalized spacial score (nSPS) is 18.5. The first-order chi connectivity index (χ1) is 10.0. The smallest absolute Gasteiger partial charge is 0.214 e. The SMILES string of the molecule is CCCNCCCCS(=O)(=O)N(C)C1CCN(CC)CC1. The zero-order chi connectivity index (χ0) is 15.7. The van der Waals surface area contributed by atoms with Crippen LogP contribution in [0.25, 0.3) is 0 Å². The van der Waals surface area contributed by atoms with E-state index in [0.717, 1.165) is 64.8 Å². The quantitative estimate of drug-likeness (QED) is 0.620. The van der Waals surface area contributed by atoms with Crippen LogP contribution < -0.4 is 5.32 Å². The summed E-state index contributed by atoms with van der Waals surface area (Å²) in [6, 6.07) is 0.191. The summed E-state index contributed by atoms with van der Waals surface area (Å²) in [5.41, 5.74) is 0. The molecule has 0 amide bonds. The van der Waals surface area contributed by atoms with Crippen LogP contribution in [-0.2, 0) is 10.0 Å². The summed E-state index contributed by atoms with van der Waals surface area (Å²) in [6.45, 7) is 9.33. The van der Waals surface area contributed by atoms with Crippen molar-refractivity contribution in [1.29, 1.82) is 0 Å². The Morgan fingerprint density at radius 1 is 1.14 bits per heavy atom. The highest BCUT2D eigenvalue weighted by Crippen LogP contribution is 2.18. The lowest BCUT2D eigenvalue weighted by molar-refractivity contribution is 0.176. The molecule has 0 bridgehead atoms. The zero-order valence-corrected chi connectivity index (χ0v) is 14.8. The number of sulfonamides is 1. The summed E-state index contributed by atoms with van der Waals surface area (Å²) in [5, 5.41) is 3.31. The van der Waals surface area contributed by atoms with Gasteiger partial charge < -0.3 is 10.2 Å². The Labute approximate surface area is 131 Å². The van der Waals surface area contributed by atoms with Gasteiger partial charge in [0.05, 0.1) is 5.75 Å². The van der Waals surface area contributed by atoms with E-state index in [2.05, 4.69) is 24.1 Å². The van der Waals surface area contributed by atoms with Gasteiger partial charge in [-0.15, -0.1) is 0 Å². The van der Waals surface area contributed by atoms with Crippen molar-refractivity contribution in [2.24, 2.45) is 0 Å². The lowest BCUT2D eigenvalue weighted by atomic mass is 10.1. The molecule has 0 aliphatic carbocycles. The van der Waals surface area contributed by atoms with E-state index in [9.17, 15) is 8.42 Å². The van der Waals surface area contributed by atoms with E-state index in [0.29, 0.717) is 0 Å². The molecular formula is C15H33N3O2S. The highest BCUT2D eigenvalue weighted by molar-refractivity contribution is 7.89. The summed E-state index contributed by atoms with van der Waals surface area (Å²) >= 11 is 0. The average molecular weight is 320 g/mol. The van der Waals surface area contributed by atoms with E-state index in [1.54, 1.807) is 11.4 Å². The van der Waals surface area contributed by atoms with Crippen LogP contribution in [0.3, 0.4) is 0 Å². The summed E-state index contributed by atoms with van der Waals surface area (Å²) in [4.78, 5) is 2.39. The fraction of sp³-hybridized carbons (Fsp3) is 1.00. The Bertz CT molecular complexity index is 365. The second-order valence-electron chi connectivity index (χ2n) is 5.95. The number of unbranched alkanes of at least 4 members (excludes halogenated alkanes) is 1. The Morgan fingerprint density at radius 2 is 1.81 bits per heavy atom. The number of nitrogens with one attached hydrogen (secondary N) is 1. The van der Waals surface area contributed by atoms with Gasteiger partial charge >= 0.3 is 0 Å². The Kier molecular flexibility index (Phi) is 8.78. The number of rotatable bonds is 10. The Balaban J connectivity index is 2.29. The van der Waals surface area contributed by atoms with E-state index in [-0.39, 0.29) is 11.8 Å². The van der Waals surface area contributed by atoms with Crippen LogP contribution in [0.1, 0.15) is 46.0 Å². The predicted octanol–water partition coefficient (Wildman–Crippen LogP) is 1.51. The van der Waals surface area contributed by atoms with Crippen molar-refractivity contribution in [1.82, 2.24) is 14.5 Å². The van der Waals surface area contributed by atoms with E-state index in [1.165, 1.54) is 0 Å². The second-order valence-corrected chi connectivity index (χ2v) is 8.10. The summed E-state index contributed by atoms with van der Waals surface area (Å²) in [5.74, 6) is 0.283. The Morgan fingerprint density at radius 3 is 2.38 bits per heavy atom. The Hall–Kier alpha value is -0.170. The van der Waals surface area contributed by atoms with E-state index in [4.69, 9.17) is 0 Å². The van der Waals surface area contributed by atoms with E-state index >= 15 is 0 Å². The van der Waals surface area contributed by atoms with Crippen molar-refractivity contribution in [3.05, 3.63) is 0 Å². The maximum atomic E-state index is 12.4. The van der Waals surface area contributed by atoms with Crippen LogP contribution in [0.4, 0.5) is 0 Å². The van der Waals surface area contributed by atoms with Crippen LogP contribution in [0.2, 0.25) is 0 Å². The molecule has 1 saturated heterocycles. The minimum atomic E-state index is -3.09. The van der Waals surface area contributed by atoms with Crippen molar-refractivity contribution in [2.45, 2.75) is 52.0 Å². The molecule has 0 aromatic heterocycles. The molecule has 0 aromatic carbocycles. The highest BCUT2D eigenvalue weighted by atomic mass is 32.2. The monoisotopic (exact) mass is 319 g/mol. The molecule has 0 spiro atoms. The number of piperidine rings is 1. The molecular weight excluding hydrogens is 286 g/mol. The van der Waals surface area contributed by atoms with Crippen molar-refractivity contribution in [3.63, 3.8) is 0 Å². The average Bonchev–Trinajstić information content (AvgIpc) is 2.50. The molecule has 1 rings (SSSR count). The van der Waals surface area contributed by atoms with Crippen LogP contribution >= 0.6 is 0 Å². The molecule has 0 saturated carbocycles. The van der Waals surface area contributed by atoms with Gasteiger partial charge in [0.1, 0.15) is 0 Å². The second kappa shape index (κ2) is 9.77. The van der Waals surface area contributed by atoms with Gasteiger partial charge in [0, 0.05) is 13.1 Å². The molecule has 5 nitrogen and oxygen atoms in total. The van der Waals surface area contributed by atoms with Crippen LogP contribution in [-0.4, -0.2) is 69.2 Å². The molecule has 0 radical (unpaired) electrons. The van der Waals surface area contributed by atoms with Gasteiger partial charge in [0.25, 0.3) is 0 Å². The third-order valence-electron chi connectivity index (χ3n) is 4.39. The summed E-state index contributed by atoms with van der Waals surface area (Å²) < 4.78 is 26.4. The number of likely N-dealkylation sites (tertiary alicyclic amines) is 1. The molecule has 0 unspecified atom stereocenters. The predicted molar refractivity (Wildman–Crippen MR) is 89.1 cm³/mol. The lowest BCUT2D eigenvalue weighted by Crippen LogP contribution is -2.46. The molecule has 1 fully saturated rings. The first-order valence-corrected chi connectivity index (χ1v) is 10.0. The molecule has 1 aliphatic heterocycles. The first-order valence-electron chi connectivity index (χ1n) is 8.40. The molecule has 6 heteroatoms. The molecule has 1 N–H and O–H groups in total. The van der Waals surface area contributed by atoms with Crippen LogP contribution in [0.5, 0.6) is 0 Å². The van der Waals surface area contributed by atoms with Gasteiger partial charge in [0.15, 0.2) is 0 Å². The summed E-state index contributed by atoms with van der Waals surface area (Å²) in [7, 11) is -1.33. The molecule has 126 valence electrons. The molecule has 21 heavy (non-hydrogen) atoms. The van der Waals surface area contributed by atoms with Crippen molar-refractivity contribution in [2.75, 3.05) is 45.5 Å². The zero-order valence-electron chi connectivity index (χ0n) is 14.0. The van der Waals surface area contributed by atoms with Crippen molar-refractivity contribution in [3.8, 4) is 0 Å². The minimum absolute atomic E-state index is 0.191. The van der Waals surface area contributed by atoms with Gasteiger partial charge in [-0.2, -0.15) is 0 Å². The van der Waals surface area contributed by atoms with Gasteiger partial charge in [-0.1, -0.05) is 13.8 Å². The largest absolute Gasteiger partial charge is 0.317 e. The van der Waals surface area contributed by atoms with Crippen molar-refractivity contribution >= 4 is 10.0 Å². The lowest BCUT2D eigenvalue weighted by Gasteiger charge is -2.35. The molecule has 0 aromatic rings. The van der Waals surface area contributed by atoms with E-state index < -0.39 is 10.0 Å². The number of nitrogens with zero attached hydrogens (tertiary/aromatic N) is 2. The highest BCUT2D eigenvalue weighted by Gasteiger charge is 2.28. The van der Waals surface area contributed by atoms with E-state index in [1.807, 2.05) is 0 Å². The van der Waals surface area contributed by atoms with Gasteiger partial charge in [-0.05, 0) is 64.8 Å². The molecule has 0 atom stereocenters. The maximum Gasteiger partial charge on any atom is 0.214 e. The molecule has 1 heterocycles. The topological polar surface area (TPSA) is 52.7 Å². The third kappa shape index (κ3) is 6.63. The minimum Gasteiger partial charge on any atom is -0.317 e. The third-order valence-corrected chi connectivity index (χ3v) is 6.37. The van der Waals surface area contributed by atoms with Gasteiger partial charge in [0.2, 0.25) is 10.0 Å². The fourth-order valence-electron chi connectivity index (χ4n) is 2.81. The van der Waals surface area contributed by atoms with Crippen LogP contribution in [0.15, 0.2) is 0 Å².